The summed E-state index contributed by atoms with van der Waals surface area (Å²) in [5, 5.41) is 3.82. The lowest BCUT2D eigenvalue weighted by Gasteiger charge is -1.97. The second kappa shape index (κ2) is 4.16. The van der Waals surface area contributed by atoms with Gasteiger partial charge in [0.25, 0.3) is 0 Å². The fourth-order valence-electron chi connectivity index (χ4n) is 1.33. The second-order valence-electron chi connectivity index (χ2n) is 3.32. The predicted octanol–water partition coefficient (Wildman–Crippen LogP) is 2.72. The Morgan fingerprint density at radius 1 is 1.40 bits per heavy atom. The number of hydrogen-bond donors (Lipinski definition) is 1. The first-order valence-corrected chi connectivity index (χ1v) is 5.30. The van der Waals surface area contributed by atoms with Gasteiger partial charge in [0.15, 0.2) is 0 Å². The molecule has 0 aliphatic carbocycles. The molecule has 1 N–H and O–H groups in total. The molecule has 1 aromatic carbocycles. The van der Waals surface area contributed by atoms with Gasteiger partial charge in [0.2, 0.25) is 4.77 Å². The van der Waals surface area contributed by atoms with Gasteiger partial charge in [-0.1, -0.05) is 23.7 Å². The number of aryl methyl sites for hydroxylation is 1. The van der Waals surface area contributed by atoms with Crippen LogP contribution in [0.15, 0.2) is 24.3 Å². The first-order valence-electron chi connectivity index (χ1n) is 4.51. The van der Waals surface area contributed by atoms with Gasteiger partial charge in [-0.2, -0.15) is 0 Å². The zero-order valence-corrected chi connectivity index (χ0v) is 9.77. The van der Waals surface area contributed by atoms with E-state index in [0.29, 0.717) is 4.77 Å². The van der Waals surface area contributed by atoms with Crippen molar-refractivity contribution < 1.29 is 0 Å². The molecule has 0 bridgehead atoms. The smallest absolute Gasteiger partial charge is 0.215 e. The Balaban J connectivity index is 2.22. The van der Waals surface area contributed by atoms with Gasteiger partial charge in [-0.05, 0) is 29.9 Å². The Kier molecular flexibility index (Phi) is 2.88. The van der Waals surface area contributed by atoms with Gasteiger partial charge in [0, 0.05) is 18.5 Å². The number of nitrogens with zero attached hydrogens (tertiary/aromatic N) is 2. The average molecular weight is 240 g/mol. The molecular weight excluding hydrogens is 230 g/mol. The molecule has 0 radical (unpaired) electrons. The van der Waals surface area contributed by atoms with Crippen LogP contribution in [0.5, 0.6) is 0 Å². The van der Waals surface area contributed by atoms with Gasteiger partial charge in [0.05, 0.1) is 0 Å². The largest absolute Gasteiger partial charge is 0.283 e. The van der Waals surface area contributed by atoms with E-state index in [1.807, 2.05) is 31.3 Å². The molecular formula is C10H10ClN3S. The first-order chi connectivity index (χ1) is 7.15. The van der Waals surface area contributed by atoms with Crippen LogP contribution in [0.4, 0.5) is 0 Å². The lowest BCUT2D eigenvalue weighted by atomic mass is 10.1. The van der Waals surface area contributed by atoms with Crippen molar-refractivity contribution in [1.82, 2.24) is 14.8 Å². The van der Waals surface area contributed by atoms with Crippen molar-refractivity contribution in [2.45, 2.75) is 6.42 Å². The summed E-state index contributed by atoms with van der Waals surface area (Å²) in [5.41, 5.74) is 1.16. The van der Waals surface area contributed by atoms with E-state index in [9.17, 15) is 0 Å². The summed E-state index contributed by atoms with van der Waals surface area (Å²) in [6.45, 7) is 0. The number of rotatable bonds is 2. The van der Waals surface area contributed by atoms with E-state index < -0.39 is 0 Å². The maximum absolute atomic E-state index is 5.80. The van der Waals surface area contributed by atoms with Gasteiger partial charge in [-0.25, -0.2) is 4.98 Å². The highest BCUT2D eigenvalue weighted by atomic mass is 35.5. The zero-order chi connectivity index (χ0) is 10.8. The molecule has 0 unspecified atom stereocenters. The number of aromatic amines is 1. The molecule has 0 amide bonds. The maximum atomic E-state index is 5.80. The lowest BCUT2D eigenvalue weighted by Crippen LogP contribution is -1.93. The molecule has 0 aliphatic rings. The summed E-state index contributed by atoms with van der Waals surface area (Å²) < 4.78 is 2.29. The number of hydrogen-bond acceptors (Lipinski definition) is 2. The molecule has 0 spiro atoms. The number of nitrogens with one attached hydrogen (secondary N) is 1. The Labute approximate surface area is 97.7 Å². The second-order valence-corrected chi connectivity index (χ2v) is 4.12. The van der Waals surface area contributed by atoms with Crippen LogP contribution < -0.4 is 0 Å². The SMILES string of the molecule is Cn1[nH]c(Cc2ccc(Cl)cc2)nc1=S. The minimum absolute atomic E-state index is 0.568. The third kappa shape index (κ3) is 2.46. The van der Waals surface area contributed by atoms with Crippen LogP contribution in [0.2, 0.25) is 5.02 Å². The molecule has 1 heterocycles. The molecule has 0 fully saturated rings. The minimum atomic E-state index is 0.568. The number of aromatic nitrogens is 3. The van der Waals surface area contributed by atoms with Crippen molar-refractivity contribution in [2.24, 2.45) is 7.05 Å². The van der Waals surface area contributed by atoms with E-state index in [1.54, 1.807) is 4.68 Å². The summed E-state index contributed by atoms with van der Waals surface area (Å²) in [4.78, 5) is 4.22. The van der Waals surface area contributed by atoms with Crippen molar-refractivity contribution in [3.63, 3.8) is 0 Å². The van der Waals surface area contributed by atoms with Gasteiger partial charge in [0.1, 0.15) is 5.82 Å². The molecule has 2 aromatic rings. The van der Waals surface area contributed by atoms with Crippen molar-refractivity contribution in [3.05, 3.63) is 45.4 Å². The average Bonchev–Trinajstić information content (AvgIpc) is 2.50. The third-order valence-electron chi connectivity index (χ3n) is 2.10. The van der Waals surface area contributed by atoms with Crippen molar-refractivity contribution in [2.75, 3.05) is 0 Å². The van der Waals surface area contributed by atoms with Crippen LogP contribution in [0.25, 0.3) is 0 Å². The van der Waals surface area contributed by atoms with E-state index in [0.717, 1.165) is 22.8 Å². The molecule has 5 heteroatoms. The minimum Gasteiger partial charge on any atom is -0.283 e. The molecule has 1 aromatic heterocycles. The summed E-state index contributed by atoms with van der Waals surface area (Å²) in [7, 11) is 1.85. The monoisotopic (exact) mass is 239 g/mol. The van der Waals surface area contributed by atoms with Crippen LogP contribution in [0.1, 0.15) is 11.4 Å². The van der Waals surface area contributed by atoms with E-state index in [2.05, 4.69) is 10.1 Å². The molecule has 78 valence electrons. The number of benzene rings is 1. The number of halogens is 1. The molecule has 3 nitrogen and oxygen atoms in total. The number of H-pyrrole nitrogens is 1. The van der Waals surface area contributed by atoms with Crippen molar-refractivity contribution >= 4 is 23.8 Å². The molecule has 0 atom stereocenters. The van der Waals surface area contributed by atoms with Crippen molar-refractivity contribution in [3.8, 4) is 0 Å². The summed E-state index contributed by atoms with van der Waals surface area (Å²) >= 11 is 10.8. The van der Waals surface area contributed by atoms with Gasteiger partial charge < -0.3 is 0 Å². The van der Waals surface area contributed by atoms with E-state index in [4.69, 9.17) is 23.8 Å². The quantitative estimate of drug-likeness (QED) is 0.818. The Morgan fingerprint density at radius 3 is 2.60 bits per heavy atom. The van der Waals surface area contributed by atoms with Crippen LogP contribution in [0.3, 0.4) is 0 Å². The Hall–Kier alpha value is -1.13. The zero-order valence-electron chi connectivity index (χ0n) is 8.20. The summed E-state index contributed by atoms with van der Waals surface area (Å²) in [6.07, 6.45) is 0.738. The van der Waals surface area contributed by atoms with Gasteiger partial charge in [-0.15, -0.1) is 0 Å². The Morgan fingerprint density at radius 2 is 2.07 bits per heavy atom. The highest BCUT2D eigenvalue weighted by molar-refractivity contribution is 7.71. The highest BCUT2D eigenvalue weighted by Gasteiger charge is 2.00. The lowest BCUT2D eigenvalue weighted by molar-refractivity contribution is 0.740. The topological polar surface area (TPSA) is 33.6 Å². The summed E-state index contributed by atoms with van der Waals surface area (Å²) in [6, 6.07) is 7.70. The van der Waals surface area contributed by atoms with Crippen LogP contribution in [-0.4, -0.2) is 14.8 Å². The third-order valence-corrected chi connectivity index (χ3v) is 2.72. The first kappa shape index (κ1) is 10.4. The molecule has 15 heavy (non-hydrogen) atoms. The van der Waals surface area contributed by atoms with Crippen LogP contribution >= 0.6 is 23.8 Å². The normalized spacial score (nSPS) is 10.5. The fourth-order valence-corrected chi connectivity index (χ4v) is 1.61. The van der Waals surface area contributed by atoms with Crippen molar-refractivity contribution in [1.29, 1.82) is 0 Å². The molecule has 0 saturated heterocycles. The van der Waals surface area contributed by atoms with Crippen LogP contribution in [0, 0.1) is 4.77 Å². The highest BCUT2D eigenvalue weighted by Crippen LogP contribution is 2.11. The molecule has 0 saturated carbocycles. The fraction of sp³-hybridized carbons (Fsp3) is 0.200. The van der Waals surface area contributed by atoms with Crippen LogP contribution in [-0.2, 0) is 13.5 Å². The van der Waals surface area contributed by atoms with E-state index in [1.165, 1.54) is 0 Å². The predicted molar refractivity (Wildman–Crippen MR) is 62.7 cm³/mol. The molecule has 2 rings (SSSR count). The molecule has 0 aliphatic heterocycles. The Bertz CT molecular complexity index is 512. The summed E-state index contributed by atoms with van der Waals surface area (Å²) in [5.74, 6) is 0.866. The van der Waals surface area contributed by atoms with E-state index >= 15 is 0 Å². The standard InChI is InChI=1S/C10H10ClN3S/c1-14-10(15)12-9(13-14)6-7-2-4-8(11)5-3-7/h2-5H,6H2,1H3,(H,12,13,15). The van der Waals surface area contributed by atoms with Gasteiger partial charge in [-0.3, -0.25) is 9.78 Å². The van der Waals surface area contributed by atoms with Gasteiger partial charge >= 0.3 is 0 Å². The van der Waals surface area contributed by atoms with E-state index in [-0.39, 0.29) is 0 Å². The maximum Gasteiger partial charge on any atom is 0.215 e.